The summed E-state index contributed by atoms with van der Waals surface area (Å²) >= 11 is 1.83. The van der Waals surface area contributed by atoms with Crippen molar-refractivity contribution in [3.05, 3.63) is 58.3 Å². The van der Waals surface area contributed by atoms with Gasteiger partial charge in [-0.15, -0.1) is 11.3 Å². The maximum absolute atomic E-state index is 3.75. The molecule has 2 aromatic rings. The Hall–Kier alpha value is -1.12. The molecule has 18 heavy (non-hydrogen) atoms. The molecule has 0 radical (unpaired) electrons. The van der Waals surface area contributed by atoms with Crippen molar-refractivity contribution in [3.8, 4) is 0 Å². The second-order valence-electron chi connectivity index (χ2n) is 5.04. The maximum atomic E-state index is 3.75. The van der Waals surface area contributed by atoms with Gasteiger partial charge in [0.2, 0.25) is 0 Å². The Kier molecular flexibility index (Phi) is 4.56. The van der Waals surface area contributed by atoms with Crippen LogP contribution in [0, 0.1) is 5.92 Å². The third-order valence-electron chi connectivity index (χ3n) is 3.25. The Morgan fingerprint density at radius 1 is 0.944 bits per heavy atom. The molecule has 0 aliphatic carbocycles. The zero-order chi connectivity index (χ0) is 13.0. The summed E-state index contributed by atoms with van der Waals surface area (Å²) in [6.45, 7) is 6.78. The van der Waals surface area contributed by atoms with Crippen LogP contribution in [0.3, 0.4) is 0 Å². The molecular weight excluding hydrogens is 238 g/mol. The molecule has 0 fully saturated rings. The maximum Gasteiger partial charge on any atom is 0.0442 e. The van der Waals surface area contributed by atoms with Crippen LogP contribution in [0.1, 0.15) is 43.3 Å². The number of benzene rings is 1. The summed E-state index contributed by atoms with van der Waals surface area (Å²) in [5.41, 5.74) is 1.35. The third kappa shape index (κ3) is 3.21. The predicted molar refractivity (Wildman–Crippen MR) is 79.9 cm³/mol. The van der Waals surface area contributed by atoms with Crippen molar-refractivity contribution in [1.82, 2.24) is 5.32 Å². The first-order valence-electron chi connectivity index (χ1n) is 6.53. The molecule has 2 rings (SSSR count). The Balaban J connectivity index is 2.11. The van der Waals surface area contributed by atoms with Crippen LogP contribution in [0.5, 0.6) is 0 Å². The summed E-state index contributed by atoms with van der Waals surface area (Å²) in [4.78, 5) is 1.42. The molecule has 1 N–H and O–H groups in total. The third-order valence-corrected chi connectivity index (χ3v) is 4.20. The second kappa shape index (κ2) is 6.17. The van der Waals surface area contributed by atoms with Crippen molar-refractivity contribution in [2.75, 3.05) is 0 Å². The number of hydrogen-bond donors (Lipinski definition) is 1. The zero-order valence-electron chi connectivity index (χ0n) is 11.3. The number of nitrogens with one attached hydrogen (secondary N) is 1. The lowest BCUT2D eigenvalue weighted by Crippen LogP contribution is -2.27. The van der Waals surface area contributed by atoms with E-state index >= 15 is 0 Å². The van der Waals surface area contributed by atoms with Gasteiger partial charge in [0.15, 0.2) is 0 Å². The molecule has 0 aliphatic rings. The SMILES string of the molecule is CC(C)C(N[C@@H](C)c1ccccc1)c1cccs1. The number of thiophene rings is 1. The lowest BCUT2D eigenvalue weighted by molar-refractivity contribution is 0.379. The first-order valence-corrected chi connectivity index (χ1v) is 7.41. The van der Waals surface area contributed by atoms with Gasteiger partial charge in [0.25, 0.3) is 0 Å². The normalized spacial score (nSPS) is 14.7. The fraction of sp³-hybridized carbons (Fsp3) is 0.375. The van der Waals surface area contributed by atoms with E-state index in [1.165, 1.54) is 10.4 Å². The molecule has 1 heterocycles. The van der Waals surface area contributed by atoms with Gasteiger partial charge in [-0.2, -0.15) is 0 Å². The van der Waals surface area contributed by atoms with Crippen molar-refractivity contribution >= 4 is 11.3 Å². The van der Waals surface area contributed by atoms with Crippen LogP contribution in [-0.4, -0.2) is 0 Å². The van der Waals surface area contributed by atoms with E-state index in [-0.39, 0.29) is 0 Å². The number of rotatable bonds is 5. The molecule has 1 aromatic heterocycles. The average molecular weight is 259 g/mol. The average Bonchev–Trinajstić information content (AvgIpc) is 2.90. The molecule has 1 unspecified atom stereocenters. The largest absolute Gasteiger partial charge is 0.302 e. The molecule has 1 aromatic carbocycles. The summed E-state index contributed by atoms with van der Waals surface area (Å²) in [6, 6.07) is 15.8. The summed E-state index contributed by atoms with van der Waals surface area (Å²) in [6.07, 6.45) is 0. The molecule has 0 spiro atoms. The fourth-order valence-electron chi connectivity index (χ4n) is 2.18. The van der Waals surface area contributed by atoms with Gasteiger partial charge in [0.05, 0.1) is 0 Å². The molecular formula is C16H21NS. The summed E-state index contributed by atoms with van der Waals surface area (Å²) in [7, 11) is 0. The minimum atomic E-state index is 0.376. The van der Waals surface area contributed by atoms with E-state index in [4.69, 9.17) is 0 Å². The highest BCUT2D eigenvalue weighted by Crippen LogP contribution is 2.28. The van der Waals surface area contributed by atoms with E-state index in [2.05, 4.69) is 73.9 Å². The molecule has 0 saturated heterocycles. The topological polar surface area (TPSA) is 12.0 Å². The van der Waals surface area contributed by atoms with Crippen LogP contribution < -0.4 is 5.32 Å². The number of hydrogen-bond acceptors (Lipinski definition) is 2. The lowest BCUT2D eigenvalue weighted by Gasteiger charge is -2.26. The minimum absolute atomic E-state index is 0.376. The highest BCUT2D eigenvalue weighted by Gasteiger charge is 2.19. The molecule has 1 nitrogen and oxygen atoms in total. The van der Waals surface area contributed by atoms with E-state index in [1.807, 2.05) is 11.3 Å². The van der Waals surface area contributed by atoms with Crippen LogP contribution in [0.2, 0.25) is 0 Å². The molecule has 2 atom stereocenters. The summed E-state index contributed by atoms with van der Waals surface area (Å²) < 4.78 is 0. The van der Waals surface area contributed by atoms with Gasteiger partial charge in [0.1, 0.15) is 0 Å². The van der Waals surface area contributed by atoms with Crippen molar-refractivity contribution < 1.29 is 0 Å². The smallest absolute Gasteiger partial charge is 0.0442 e. The Morgan fingerprint density at radius 2 is 1.67 bits per heavy atom. The molecule has 0 aliphatic heterocycles. The molecule has 0 saturated carbocycles. The van der Waals surface area contributed by atoms with Gasteiger partial charge in [-0.1, -0.05) is 50.2 Å². The van der Waals surface area contributed by atoms with Crippen LogP contribution in [-0.2, 0) is 0 Å². The van der Waals surface area contributed by atoms with Gasteiger partial charge in [-0.05, 0) is 29.9 Å². The van der Waals surface area contributed by atoms with Gasteiger partial charge >= 0.3 is 0 Å². The van der Waals surface area contributed by atoms with Crippen LogP contribution in [0.15, 0.2) is 47.8 Å². The standard InChI is InChI=1S/C16H21NS/c1-12(2)16(15-10-7-11-18-15)17-13(3)14-8-5-4-6-9-14/h4-13,16-17H,1-3H3/t13-,16?/m0/s1. The first-order chi connectivity index (χ1) is 8.68. The van der Waals surface area contributed by atoms with Crippen LogP contribution in [0.25, 0.3) is 0 Å². The van der Waals surface area contributed by atoms with E-state index < -0.39 is 0 Å². The Labute approximate surface area is 114 Å². The van der Waals surface area contributed by atoms with Crippen LogP contribution >= 0.6 is 11.3 Å². The quantitative estimate of drug-likeness (QED) is 0.813. The summed E-state index contributed by atoms with van der Waals surface area (Å²) in [5, 5.41) is 5.90. The van der Waals surface area contributed by atoms with E-state index in [0.717, 1.165) is 0 Å². The highest BCUT2D eigenvalue weighted by atomic mass is 32.1. The highest BCUT2D eigenvalue weighted by molar-refractivity contribution is 7.10. The van der Waals surface area contributed by atoms with Crippen molar-refractivity contribution in [1.29, 1.82) is 0 Å². The molecule has 0 bridgehead atoms. The molecule has 96 valence electrons. The van der Waals surface area contributed by atoms with Crippen molar-refractivity contribution in [3.63, 3.8) is 0 Å². The lowest BCUT2D eigenvalue weighted by atomic mass is 10.00. The molecule has 2 heteroatoms. The van der Waals surface area contributed by atoms with Crippen LogP contribution in [0.4, 0.5) is 0 Å². The van der Waals surface area contributed by atoms with Gasteiger partial charge < -0.3 is 5.32 Å². The first kappa shape index (κ1) is 13.3. The Bertz CT molecular complexity index is 447. The van der Waals surface area contributed by atoms with Crippen molar-refractivity contribution in [2.45, 2.75) is 32.9 Å². The zero-order valence-corrected chi connectivity index (χ0v) is 12.1. The summed E-state index contributed by atoms with van der Waals surface area (Å²) in [5.74, 6) is 0.592. The predicted octanol–water partition coefficient (Wildman–Crippen LogP) is 4.80. The Morgan fingerprint density at radius 3 is 2.22 bits per heavy atom. The van der Waals surface area contributed by atoms with E-state index in [0.29, 0.717) is 18.0 Å². The fourth-order valence-corrected chi connectivity index (χ4v) is 3.14. The van der Waals surface area contributed by atoms with Gasteiger partial charge in [-0.25, -0.2) is 0 Å². The second-order valence-corrected chi connectivity index (χ2v) is 6.02. The van der Waals surface area contributed by atoms with Crippen molar-refractivity contribution in [2.24, 2.45) is 5.92 Å². The van der Waals surface area contributed by atoms with E-state index in [1.54, 1.807) is 0 Å². The van der Waals surface area contributed by atoms with Gasteiger partial charge in [-0.3, -0.25) is 0 Å². The molecule has 0 amide bonds. The van der Waals surface area contributed by atoms with Gasteiger partial charge in [0, 0.05) is 17.0 Å². The minimum Gasteiger partial charge on any atom is -0.302 e. The monoisotopic (exact) mass is 259 g/mol. The van der Waals surface area contributed by atoms with E-state index in [9.17, 15) is 0 Å².